The Kier molecular flexibility index (Phi) is 9.80. The van der Waals surface area contributed by atoms with Gasteiger partial charge in [-0.2, -0.15) is 0 Å². The van der Waals surface area contributed by atoms with Gasteiger partial charge in [0.2, 0.25) is 0 Å². The second-order valence-electron chi connectivity index (χ2n) is 7.29. The van der Waals surface area contributed by atoms with E-state index in [4.69, 9.17) is 34.8 Å². The van der Waals surface area contributed by atoms with Crippen molar-refractivity contribution in [3.05, 3.63) is 69.3 Å². The Morgan fingerprint density at radius 3 is 2.40 bits per heavy atom. The number of halogens is 5. The molecule has 2 atom stereocenters. The molecule has 1 aliphatic carbocycles. The van der Waals surface area contributed by atoms with Gasteiger partial charge in [0.1, 0.15) is 0 Å². The zero-order valence-corrected chi connectivity index (χ0v) is 20.1. The van der Waals surface area contributed by atoms with Gasteiger partial charge in [-0.15, -0.1) is 24.8 Å². The van der Waals surface area contributed by atoms with Crippen LogP contribution in [0.5, 0.6) is 0 Å². The average molecular weight is 508 g/mol. The summed E-state index contributed by atoms with van der Waals surface area (Å²) in [6.07, 6.45) is 6.59. The SMILES string of the molecule is Cl.Cl.Clc1ccc2c(N[C@H]3CCCC[C@@H]3NCc3ccc(Cl)c(Cl)c3)ccnc2c1. The standard InChI is InChI=1S/C22H22Cl3N3.2ClH/c23-15-6-7-16-19(9-10-26-22(16)12-15)28-21-4-2-1-3-20(21)27-13-14-5-8-17(24)18(25)11-14;;/h5-12,20-21,27H,1-4,13H2,(H,26,28);2*1H/t20-,21-;;/m0../s1. The molecule has 162 valence electrons. The second-order valence-corrected chi connectivity index (χ2v) is 8.54. The van der Waals surface area contributed by atoms with Crippen LogP contribution in [0, 0.1) is 0 Å². The maximum absolute atomic E-state index is 6.15. The van der Waals surface area contributed by atoms with E-state index in [-0.39, 0.29) is 24.8 Å². The molecule has 0 unspecified atom stereocenters. The van der Waals surface area contributed by atoms with Gasteiger partial charge in [-0.3, -0.25) is 4.98 Å². The fraction of sp³-hybridized carbons (Fsp3) is 0.318. The van der Waals surface area contributed by atoms with Crippen LogP contribution in [0.3, 0.4) is 0 Å². The number of fused-ring (bicyclic) bond motifs is 1. The van der Waals surface area contributed by atoms with E-state index in [1.165, 1.54) is 12.8 Å². The van der Waals surface area contributed by atoms with Gasteiger partial charge < -0.3 is 10.6 Å². The first-order valence-electron chi connectivity index (χ1n) is 9.58. The summed E-state index contributed by atoms with van der Waals surface area (Å²) in [5.41, 5.74) is 3.16. The summed E-state index contributed by atoms with van der Waals surface area (Å²) in [5, 5.41) is 10.5. The van der Waals surface area contributed by atoms with Crippen molar-refractivity contribution in [2.45, 2.75) is 44.3 Å². The molecule has 30 heavy (non-hydrogen) atoms. The average Bonchev–Trinajstić information content (AvgIpc) is 2.70. The van der Waals surface area contributed by atoms with Crippen LogP contribution in [0.15, 0.2) is 48.7 Å². The molecule has 1 saturated carbocycles. The van der Waals surface area contributed by atoms with E-state index < -0.39 is 0 Å². The highest BCUT2D eigenvalue weighted by atomic mass is 35.5. The first kappa shape index (κ1) is 25.3. The molecule has 8 heteroatoms. The lowest BCUT2D eigenvalue weighted by atomic mass is 9.89. The molecule has 0 bridgehead atoms. The largest absolute Gasteiger partial charge is 0.380 e. The van der Waals surface area contributed by atoms with Crippen LogP contribution < -0.4 is 10.6 Å². The van der Waals surface area contributed by atoms with Crippen LogP contribution in [0.25, 0.3) is 10.9 Å². The summed E-state index contributed by atoms with van der Waals surface area (Å²) in [4.78, 5) is 4.44. The van der Waals surface area contributed by atoms with E-state index in [0.29, 0.717) is 27.2 Å². The van der Waals surface area contributed by atoms with Crippen LogP contribution >= 0.6 is 59.6 Å². The minimum absolute atomic E-state index is 0. The van der Waals surface area contributed by atoms with Crippen molar-refractivity contribution in [1.29, 1.82) is 0 Å². The van der Waals surface area contributed by atoms with Crippen molar-refractivity contribution in [3.63, 3.8) is 0 Å². The van der Waals surface area contributed by atoms with Gasteiger partial charge in [0, 0.05) is 40.9 Å². The summed E-state index contributed by atoms with van der Waals surface area (Å²) in [7, 11) is 0. The molecule has 0 saturated heterocycles. The highest BCUT2D eigenvalue weighted by molar-refractivity contribution is 6.42. The second kappa shape index (κ2) is 11.6. The fourth-order valence-corrected chi connectivity index (χ4v) is 4.38. The zero-order valence-electron chi connectivity index (χ0n) is 16.2. The van der Waals surface area contributed by atoms with Gasteiger partial charge in [-0.1, -0.05) is 53.7 Å². The highest BCUT2D eigenvalue weighted by Gasteiger charge is 2.25. The van der Waals surface area contributed by atoms with Gasteiger partial charge in [-0.05, 0) is 54.8 Å². The topological polar surface area (TPSA) is 37.0 Å². The number of rotatable bonds is 5. The Morgan fingerprint density at radius 1 is 0.867 bits per heavy atom. The van der Waals surface area contributed by atoms with E-state index in [9.17, 15) is 0 Å². The quantitative estimate of drug-likeness (QED) is 0.374. The molecule has 0 aliphatic heterocycles. The van der Waals surface area contributed by atoms with E-state index in [2.05, 4.69) is 15.6 Å². The zero-order chi connectivity index (χ0) is 19.5. The molecule has 0 amide bonds. The van der Waals surface area contributed by atoms with Crippen molar-refractivity contribution in [2.24, 2.45) is 0 Å². The fourth-order valence-electron chi connectivity index (χ4n) is 3.89. The minimum Gasteiger partial charge on any atom is -0.380 e. The van der Waals surface area contributed by atoms with E-state index in [1.54, 1.807) is 0 Å². The first-order chi connectivity index (χ1) is 13.6. The van der Waals surface area contributed by atoms with E-state index >= 15 is 0 Å². The molecule has 3 aromatic rings. The number of nitrogens with one attached hydrogen (secondary N) is 2. The summed E-state index contributed by atoms with van der Waals surface area (Å²) in [5.74, 6) is 0. The molecule has 1 heterocycles. The van der Waals surface area contributed by atoms with Gasteiger partial charge >= 0.3 is 0 Å². The maximum atomic E-state index is 6.15. The van der Waals surface area contributed by atoms with Crippen LogP contribution in [-0.4, -0.2) is 17.1 Å². The van der Waals surface area contributed by atoms with Crippen LogP contribution in [0.1, 0.15) is 31.2 Å². The molecular weight excluding hydrogens is 484 g/mol. The van der Waals surface area contributed by atoms with Crippen LogP contribution in [0.4, 0.5) is 5.69 Å². The Bertz CT molecular complexity index is 982. The number of hydrogen-bond acceptors (Lipinski definition) is 3. The molecule has 4 rings (SSSR count). The van der Waals surface area contributed by atoms with Crippen LogP contribution in [-0.2, 0) is 6.54 Å². The molecule has 0 radical (unpaired) electrons. The van der Waals surface area contributed by atoms with Crippen molar-refractivity contribution in [3.8, 4) is 0 Å². The molecule has 1 fully saturated rings. The summed E-state index contributed by atoms with van der Waals surface area (Å²) >= 11 is 18.3. The van der Waals surface area contributed by atoms with Gasteiger partial charge in [0.05, 0.1) is 15.6 Å². The molecule has 1 aliphatic rings. The number of pyridine rings is 1. The third-order valence-corrected chi connectivity index (χ3v) is 6.34. The monoisotopic (exact) mass is 505 g/mol. The summed E-state index contributed by atoms with van der Waals surface area (Å²) in [6.45, 7) is 0.770. The number of anilines is 1. The predicted octanol–water partition coefficient (Wildman–Crippen LogP) is 7.55. The number of nitrogens with zero attached hydrogens (tertiary/aromatic N) is 1. The highest BCUT2D eigenvalue weighted by Crippen LogP contribution is 2.29. The van der Waals surface area contributed by atoms with Gasteiger partial charge in [-0.25, -0.2) is 0 Å². The van der Waals surface area contributed by atoms with Gasteiger partial charge in [0.15, 0.2) is 0 Å². The van der Waals surface area contributed by atoms with Crippen LogP contribution in [0.2, 0.25) is 15.1 Å². The third-order valence-electron chi connectivity index (χ3n) is 5.36. The van der Waals surface area contributed by atoms with Crippen molar-refractivity contribution in [1.82, 2.24) is 10.3 Å². The molecule has 0 spiro atoms. The maximum Gasteiger partial charge on any atom is 0.0737 e. The first-order valence-corrected chi connectivity index (χ1v) is 10.7. The van der Waals surface area contributed by atoms with Crippen molar-refractivity contribution < 1.29 is 0 Å². The molecule has 1 aromatic heterocycles. The van der Waals surface area contributed by atoms with Crippen molar-refractivity contribution >= 4 is 76.2 Å². The molecule has 3 nitrogen and oxygen atoms in total. The lowest BCUT2D eigenvalue weighted by Crippen LogP contribution is -2.45. The number of aromatic nitrogens is 1. The predicted molar refractivity (Wildman–Crippen MR) is 134 cm³/mol. The lowest BCUT2D eigenvalue weighted by molar-refractivity contribution is 0.342. The Morgan fingerprint density at radius 2 is 1.63 bits per heavy atom. The van der Waals surface area contributed by atoms with Crippen molar-refractivity contribution in [2.75, 3.05) is 5.32 Å². The number of hydrogen-bond donors (Lipinski definition) is 2. The van der Waals surface area contributed by atoms with E-state index in [1.807, 2.05) is 48.7 Å². The lowest BCUT2D eigenvalue weighted by Gasteiger charge is -2.34. The molecule has 2 aromatic carbocycles. The van der Waals surface area contributed by atoms with Gasteiger partial charge in [0.25, 0.3) is 0 Å². The number of benzene rings is 2. The van der Waals surface area contributed by atoms with E-state index in [0.717, 1.165) is 41.5 Å². The summed E-state index contributed by atoms with van der Waals surface area (Å²) in [6, 6.07) is 14.5. The third kappa shape index (κ3) is 6.06. The normalized spacial score (nSPS) is 18.4. The Labute approximate surface area is 204 Å². The minimum atomic E-state index is 0. The smallest absolute Gasteiger partial charge is 0.0737 e. The summed E-state index contributed by atoms with van der Waals surface area (Å²) < 4.78 is 0. The molecule has 2 N–H and O–H groups in total. The molecular formula is C22H24Cl5N3. The Hall–Kier alpha value is -0.940. The Balaban J connectivity index is 0.00000160.